The standard InChI is InChI=1S/C22H26F3N5O2/c1-4-26-17-6-14(5-15(7-17)22(23,24)25)12(2)27-20-19-8-16(21(32)9-18(31)10-21)11-30(19)29-13(3)28-20/h5-8,11-12,18,26,31-32H,4,9-10H2,1-3H3,(H,27,28,29)/t12-,18?,21?/m1/s1. The van der Waals surface area contributed by atoms with E-state index in [9.17, 15) is 23.4 Å². The molecule has 1 aromatic carbocycles. The van der Waals surface area contributed by atoms with Crippen LogP contribution >= 0.6 is 0 Å². The Balaban J connectivity index is 1.69. The summed E-state index contributed by atoms with van der Waals surface area (Å²) in [5.41, 5.74) is 0.215. The molecular weight excluding hydrogens is 423 g/mol. The lowest BCUT2D eigenvalue weighted by Crippen LogP contribution is -2.44. The summed E-state index contributed by atoms with van der Waals surface area (Å²) < 4.78 is 41.8. The summed E-state index contributed by atoms with van der Waals surface area (Å²) in [5.74, 6) is 0.912. The maximum atomic E-state index is 13.4. The number of nitrogens with one attached hydrogen (secondary N) is 2. The van der Waals surface area contributed by atoms with Crippen LogP contribution in [0.2, 0.25) is 0 Å². The molecule has 1 atom stereocenters. The van der Waals surface area contributed by atoms with E-state index < -0.39 is 29.5 Å². The topological polar surface area (TPSA) is 94.7 Å². The number of benzene rings is 1. The van der Waals surface area contributed by atoms with E-state index in [1.807, 2.05) is 6.92 Å². The van der Waals surface area contributed by atoms with Crippen LogP contribution < -0.4 is 10.6 Å². The van der Waals surface area contributed by atoms with Crippen LogP contribution in [0.1, 0.15) is 55.2 Å². The third-order valence-corrected chi connectivity index (χ3v) is 5.77. The minimum absolute atomic E-state index is 0.243. The zero-order valence-electron chi connectivity index (χ0n) is 18.0. The van der Waals surface area contributed by atoms with Crippen molar-refractivity contribution in [2.24, 2.45) is 0 Å². The number of fused-ring (bicyclic) bond motifs is 1. The molecule has 0 aliphatic heterocycles. The van der Waals surface area contributed by atoms with Crippen LogP contribution in [0.4, 0.5) is 24.7 Å². The van der Waals surface area contributed by atoms with Crippen LogP contribution in [0.15, 0.2) is 30.5 Å². The third-order valence-electron chi connectivity index (χ3n) is 5.77. The number of aliphatic hydroxyl groups excluding tert-OH is 1. The number of halogens is 3. The number of nitrogens with zero attached hydrogens (tertiary/aromatic N) is 3. The predicted molar refractivity (Wildman–Crippen MR) is 115 cm³/mol. The summed E-state index contributed by atoms with van der Waals surface area (Å²) in [6.07, 6.45) is -2.82. The fraction of sp³-hybridized carbons (Fsp3) is 0.455. The van der Waals surface area contributed by atoms with Gasteiger partial charge in [-0.1, -0.05) is 0 Å². The molecule has 1 fully saturated rings. The van der Waals surface area contributed by atoms with Crippen molar-refractivity contribution in [1.29, 1.82) is 0 Å². The van der Waals surface area contributed by atoms with Gasteiger partial charge in [-0.25, -0.2) is 9.50 Å². The van der Waals surface area contributed by atoms with E-state index in [4.69, 9.17) is 0 Å². The maximum absolute atomic E-state index is 13.4. The first kappa shape index (κ1) is 22.3. The number of aromatic nitrogens is 3. The minimum atomic E-state index is -4.46. The van der Waals surface area contributed by atoms with Crippen LogP contribution in [0, 0.1) is 6.92 Å². The molecular formula is C22H26F3N5O2. The SMILES string of the molecule is CCNc1cc([C@@H](C)Nc2nc(C)nn3cc(C4(O)CC(O)C4)cc23)cc(C(F)(F)F)c1. The minimum Gasteiger partial charge on any atom is -0.393 e. The number of aryl methyl sites for hydroxylation is 1. The molecule has 1 aliphatic carbocycles. The van der Waals surface area contributed by atoms with Crippen LogP contribution in [0.25, 0.3) is 5.52 Å². The zero-order valence-corrected chi connectivity index (χ0v) is 18.0. The highest BCUT2D eigenvalue weighted by Gasteiger charge is 2.44. The van der Waals surface area contributed by atoms with E-state index in [0.29, 0.717) is 40.5 Å². The van der Waals surface area contributed by atoms with Gasteiger partial charge in [0.2, 0.25) is 0 Å². The molecule has 1 aliphatic rings. The number of hydrogen-bond donors (Lipinski definition) is 4. The summed E-state index contributed by atoms with van der Waals surface area (Å²) in [6, 6.07) is 5.17. The van der Waals surface area contributed by atoms with Crippen LogP contribution in [-0.4, -0.2) is 37.5 Å². The van der Waals surface area contributed by atoms with Gasteiger partial charge in [0.15, 0.2) is 5.82 Å². The molecule has 172 valence electrons. The van der Waals surface area contributed by atoms with E-state index in [-0.39, 0.29) is 12.8 Å². The summed E-state index contributed by atoms with van der Waals surface area (Å²) in [6.45, 7) is 5.79. The van der Waals surface area contributed by atoms with E-state index in [1.54, 1.807) is 36.7 Å². The molecule has 1 saturated carbocycles. The quantitative estimate of drug-likeness (QED) is 0.454. The molecule has 0 spiro atoms. The van der Waals surface area contributed by atoms with E-state index in [2.05, 4.69) is 20.7 Å². The summed E-state index contributed by atoms with van der Waals surface area (Å²) >= 11 is 0. The predicted octanol–water partition coefficient (Wildman–Crippen LogP) is 4.00. The molecule has 0 amide bonds. The van der Waals surface area contributed by atoms with Gasteiger partial charge in [0.1, 0.15) is 11.3 Å². The molecule has 10 heteroatoms. The first-order valence-corrected chi connectivity index (χ1v) is 10.5. The Morgan fingerprint density at radius 2 is 1.97 bits per heavy atom. The number of aliphatic hydroxyl groups is 2. The molecule has 2 aromatic heterocycles. The fourth-order valence-corrected chi connectivity index (χ4v) is 4.09. The van der Waals surface area contributed by atoms with Crippen LogP contribution in [-0.2, 0) is 11.8 Å². The van der Waals surface area contributed by atoms with Crippen LogP contribution in [0.3, 0.4) is 0 Å². The van der Waals surface area contributed by atoms with Crippen molar-refractivity contribution >= 4 is 17.0 Å². The van der Waals surface area contributed by atoms with Gasteiger partial charge in [0.05, 0.1) is 23.3 Å². The van der Waals surface area contributed by atoms with Crippen molar-refractivity contribution in [3.63, 3.8) is 0 Å². The van der Waals surface area contributed by atoms with E-state index >= 15 is 0 Å². The average Bonchev–Trinajstić information content (AvgIpc) is 3.11. The fourth-order valence-electron chi connectivity index (χ4n) is 4.09. The maximum Gasteiger partial charge on any atom is 0.416 e. The Morgan fingerprint density at radius 3 is 2.59 bits per heavy atom. The Morgan fingerprint density at radius 1 is 1.25 bits per heavy atom. The molecule has 32 heavy (non-hydrogen) atoms. The first-order valence-electron chi connectivity index (χ1n) is 10.5. The van der Waals surface area contributed by atoms with Gasteiger partial charge in [-0.3, -0.25) is 0 Å². The van der Waals surface area contributed by atoms with Gasteiger partial charge >= 0.3 is 6.18 Å². The number of alkyl halides is 3. The van der Waals surface area contributed by atoms with Gasteiger partial charge in [0, 0.05) is 36.8 Å². The molecule has 7 nitrogen and oxygen atoms in total. The zero-order chi connectivity index (χ0) is 23.3. The molecule has 3 aromatic rings. The first-order chi connectivity index (χ1) is 15.0. The van der Waals surface area contributed by atoms with E-state index in [0.717, 1.165) is 12.1 Å². The lowest BCUT2D eigenvalue weighted by Gasteiger charge is -2.40. The molecule has 0 radical (unpaired) electrons. The number of hydrogen-bond acceptors (Lipinski definition) is 6. The van der Waals surface area contributed by atoms with Crippen molar-refractivity contribution in [2.45, 2.75) is 57.5 Å². The lowest BCUT2D eigenvalue weighted by molar-refractivity contribution is -0.137. The second kappa shape index (κ2) is 7.93. The van der Waals surface area contributed by atoms with Gasteiger partial charge in [-0.2, -0.15) is 18.3 Å². The second-order valence-electron chi connectivity index (χ2n) is 8.40. The normalized spacial score (nSPS) is 21.9. The molecule has 0 bridgehead atoms. The monoisotopic (exact) mass is 449 g/mol. The molecule has 0 unspecified atom stereocenters. The van der Waals surface area contributed by atoms with Crippen molar-refractivity contribution in [1.82, 2.24) is 14.6 Å². The average molecular weight is 449 g/mol. The smallest absolute Gasteiger partial charge is 0.393 e. The largest absolute Gasteiger partial charge is 0.416 e. The Labute approximate surface area is 183 Å². The third kappa shape index (κ3) is 4.24. The van der Waals surface area contributed by atoms with Crippen molar-refractivity contribution < 1.29 is 23.4 Å². The number of anilines is 2. The van der Waals surface area contributed by atoms with Gasteiger partial charge < -0.3 is 20.8 Å². The van der Waals surface area contributed by atoms with Crippen molar-refractivity contribution in [2.75, 3.05) is 17.2 Å². The number of rotatable bonds is 6. The summed E-state index contributed by atoms with van der Waals surface area (Å²) in [7, 11) is 0. The van der Waals surface area contributed by atoms with E-state index in [1.165, 1.54) is 0 Å². The second-order valence-corrected chi connectivity index (χ2v) is 8.40. The highest BCUT2D eigenvalue weighted by molar-refractivity contribution is 5.70. The Kier molecular flexibility index (Phi) is 5.54. The molecule has 4 N–H and O–H groups in total. The highest BCUT2D eigenvalue weighted by atomic mass is 19.4. The van der Waals surface area contributed by atoms with Gasteiger partial charge in [-0.05, 0) is 50.6 Å². The Bertz CT molecular complexity index is 1140. The Hall–Kier alpha value is -2.85. The van der Waals surface area contributed by atoms with Gasteiger partial charge in [0.25, 0.3) is 0 Å². The lowest BCUT2D eigenvalue weighted by atomic mass is 9.74. The van der Waals surface area contributed by atoms with Crippen molar-refractivity contribution in [3.8, 4) is 0 Å². The highest BCUT2D eigenvalue weighted by Crippen LogP contribution is 2.42. The van der Waals surface area contributed by atoms with Crippen molar-refractivity contribution in [3.05, 3.63) is 53.0 Å². The molecule has 0 saturated heterocycles. The van der Waals surface area contributed by atoms with Crippen LogP contribution in [0.5, 0.6) is 0 Å². The molecule has 2 heterocycles. The summed E-state index contributed by atoms with van der Waals surface area (Å²) in [5, 5.41) is 30.8. The summed E-state index contributed by atoms with van der Waals surface area (Å²) in [4.78, 5) is 4.44. The molecule has 4 rings (SSSR count). The van der Waals surface area contributed by atoms with Gasteiger partial charge in [-0.15, -0.1) is 0 Å².